The maximum atomic E-state index is 4.32. The molecule has 0 radical (unpaired) electrons. The van der Waals surface area contributed by atoms with E-state index in [0.29, 0.717) is 0 Å². The minimum Gasteiger partial charge on any atom is -0.370 e. The van der Waals surface area contributed by atoms with Crippen molar-refractivity contribution in [1.29, 1.82) is 0 Å². The molecule has 0 unspecified atom stereocenters. The minimum absolute atomic E-state index is 0.861. The fourth-order valence-electron chi connectivity index (χ4n) is 1.86. The first kappa shape index (κ1) is 13.3. The molecule has 2 aromatic rings. The molecule has 100 valence electrons. The quantitative estimate of drug-likeness (QED) is 0.862. The van der Waals surface area contributed by atoms with E-state index < -0.39 is 0 Å². The zero-order valence-corrected chi connectivity index (χ0v) is 11.5. The van der Waals surface area contributed by atoms with Gasteiger partial charge < -0.3 is 10.2 Å². The van der Waals surface area contributed by atoms with Crippen molar-refractivity contribution in [1.82, 2.24) is 9.97 Å². The van der Waals surface area contributed by atoms with Gasteiger partial charge >= 0.3 is 0 Å². The highest BCUT2D eigenvalue weighted by molar-refractivity contribution is 5.53. The van der Waals surface area contributed by atoms with Crippen molar-refractivity contribution < 1.29 is 0 Å². The summed E-state index contributed by atoms with van der Waals surface area (Å²) >= 11 is 0. The standard InChI is InChI=1S/C15H20N4/c1-3-7-17-15-11-14(6-10-18-15)19(2)12-13-4-8-16-9-5-13/h4-6,8-11H,3,7,12H2,1-2H3,(H,17,18). The summed E-state index contributed by atoms with van der Waals surface area (Å²) in [5.41, 5.74) is 2.41. The minimum atomic E-state index is 0.861. The number of nitrogens with one attached hydrogen (secondary N) is 1. The van der Waals surface area contributed by atoms with Gasteiger partial charge in [-0.2, -0.15) is 0 Å². The maximum absolute atomic E-state index is 4.32. The molecule has 0 atom stereocenters. The van der Waals surface area contributed by atoms with Crippen LogP contribution >= 0.6 is 0 Å². The molecule has 0 aliphatic rings. The Kier molecular flexibility index (Phi) is 4.72. The summed E-state index contributed by atoms with van der Waals surface area (Å²) in [7, 11) is 2.08. The molecular formula is C15H20N4. The van der Waals surface area contributed by atoms with Gasteiger partial charge in [0.15, 0.2) is 0 Å². The van der Waals surface area contributed by atoms with E-state index in [4.69, 9.17) is 0 Å². The number of anilines is 2. The Bertz CT molecular complexity index is 499. The maximum Gasteiger partial charge on any atom is 0.127 e. The van der Waals surface area contributed by atoms with E-state index in [0.717, 1.165) is 31.0 Å². The average Bonchev–Trinajstić information content (AvgIpc) is 2.46. The second-order valence-corrected chi connectivity index (χ2v) is 4.54. The van der Waals surface area contributed by atoms with Crippen LogP contribution in [0.5, 0.6) is 0 Å². The van der Waals surface area contributed by atoms with Crippen LogP contribution in [0.25, 0.3) is 0 Å². The van der Waals surface area contributed by atoms with Gasteiger partial charge in [-0.3, -0.25) is 4.98 Å². The van der Waals surface area contributed by atoms with Gasteiger partial charge in [0.2, 0.25) is 0 Å². The lowest BCUT2D eigenvalue weighted by atomic mass is 10.2. The summed E-state index contributed by atoms with van der Waals surface area (Å²) in [6.45, 7) is 3.96. The third kappa shape index (κ3) is 3.95. The Morgan fingerprint density at radius 2 is 1.95 bits per heavy atom. The van der Waals surface area contributed by atoms with Crippen LogP contribution in [0.1, 0.15) is 18.9 Å². The predicted octanol–water partition coefficient (Wildman–Crippen LogP) is 2.93. The number of aromatic nitrogens is 2. The molecule has 0 saturated carbocycles. The predicted molar refractivity (Wildman–Crippen MR) is 79.4 cm³/mol. The highest BCUT2D eigenvalue weighted by Gasteiger charge is 2.03. The van der Waals surface area contributed by atoms with Gasteiger partial charge in [-0.15, -0.1) is 0 Å². The fraction of sp³-hybridized carbons (Fsp3) is 0.333. The summed E-state index contributed by atoms with van der Waals surface area (Å²) in [6, 6.07) is 8.18. The van der Waals surface area contributed by atoms with Gasteiger partial charge in [-0.05, 0) is 30.2 Å². The van der Waals surface area contributed by atoms with Crippen LogP contribution in [0, 0.1) is 0 Å². The van der Waals surface area contributed by atoms with Gasteiger partial charge in [0, 0.05) is 50.5 Å². The number of nitrogens with zero attached hydrogens (tertiary/aromatic N) is 3. The molecule has 0 aliphatic heterocycles. The van der Waals surface area contributed by atoms with Crippen LogP contribution in [0.2, 0.25) is 0 Å². The molecular weight excluding hydrogens is 236 g/mol. The van der Waals surface area contributed by atoms with E-state index in [1.807, 2.05) is 36.8 Å². The van der Waals surface area contributed by atoms with Gasteiger partial charge in [-0.1, -0.05) is 6.92 Å². The molecule has 0 spiro atoms. The second kappa shape index (κ2) is 6.73. The van der Waals surface area contributed by atoms with E-state index in [2.05, 4.69) is 40.2 Å². The van der Waals surface area contributed by atoms with Crippen LogP contribution < -0.4 is 10.2 Å². The van der Waals surface area contributed by atoms with Crippen LogP contribution in [-0.2, 0) is 6.54 Å². The summed E-state index contributed by atoms with van der Waals surface area (Å²) in [6.07, 6.45) is 6.59. The molecule has 4 nitrogen and oxygen atoms in total. The molecule has 0 aromatic carbocycles. The Balaban J connectivity index is 2.04. The van der Waals surface area contributed by atoms with E-state index in [1.165, 1.54) is 5.56 Å². The van der Waals surface area contributed by atoms with Gasteiger partial charge in [0.25, 0.3) is 0 Å². The third-order valence-corrected chi connectivity index (χ3v) is 2.91. The lowest BCUT2D eigenvalue weighted by molar-refractivity contribution is 0.915. The summed E-state index contributed by atoms with van der Waals surface area (Å²) < 4.78 is 0. The summed E-state index contributed by atoms with van der Waals surface area (Å²) in [5.74, 6) is 0.931. The Morgan fingerprint density at radius 3 is 2.68 bits per heavy atom. The van der Waals surface area contributed by atoms with Crippen LogP contribution in [0.3, 0.4) is 0 Å². The van der Waals surface area contributed by atoms with Crippen molar-refractivity contribution in [2.75, 3.05) is 23.8 Å². The number of hydrogen-bond acceptors (Lipinski definition) is 4. The second-order valence-electron chi connectivity index (χ2n) is 4.54. The normalized spacial score (nSPS) is 10.2. The molecule has 0 fully saturated rings. The van der Waals surface area contributed by atoms with Crippen molar-refractivity contribution in [2.45, 2.75) is 19.9 Å². The fourth-order valence-corrected chi connectivity index (χ4v) is 1.86. The topological polar surface area (TPSA) is 41.0 Å². The van der Waals surface area contributed by atoms with Crippen molar-refractivity contribution in [3.05, 3.63) is 48.4 Å². The largest absolute Gasteiger partial charge is 0.370 e. The molecule has 1 N–H and O–H groups in total. The zero-order chi connectivity index (χ0) is 13.5. The molecule has 0 bridgehead atoms. The monoisotopic (exact) mass is 256 g/mol. The number of pyridine rings is 2. The molecule has 2 heterocycles. The molecule has 2 aromatic heterocycles. The smallest absolute Gasteiger partial charge is 0.127 e. The van der Waals surface area contributed by atoms with Crippen LogP contribution in [0.15, 0.2) is 42.9 Å². The average molecular weight is 256 g/mol. The Hall–Kier alpha value is -2.10. The van der Waals surface area contributed by atoms with Crippen molar-refractivity contribution in [3.8, 4) is 0 Å². The molecule has 0 saturated heterocycles. The van der Waals surface area contributed by atoms with Crippen molar-refractivity contribution in [2.24, 2.45) is 0 Å². The highest BCUT2D eigenvalue weighted by Crippen LogP contribution is 2.17. The Morgan fingerprint density at radius 1 is 1.16 bits per heavy atom. The molecule has 19 heavy (non-hydrogen) atoms. The lowest BCUT2D eigenvalue weighted by Gasteiger charge is -2.20. The van der Waals surface area contributed by atoms with Crippen molar-refractivity contribution in [3.63, 3.8) is 0 Å². The van der Waals surface area contributed by atoms with Gasteiger partial charge in [0.1, 0.15) is 5.82 Å². The van der Waals surface area contributed by atoms with Gasteiger partial charge in [-0.25, -0.2) is 4.98 Å². The first-order valence-electron chi connectivity index (χ1n) is 6.59. The molecule has 4 heteroatoms. The Labute approximate surface area is 114 Å². The van der Waals surface area contributed by atoms with Crippen molar-refractivity contribution >= 4 is 11.5 Å². The van der Waals surface area contributed by atoms with Crippen LogP contribution in [0.4, 0.5) is 11.5 Å². The number of hydrogen-bond donors (Lipinski definition) is 1. The van der Waals surface area contributed by atoms with Gasteiger partial charge in [0.05, 0.1) is 0 Å². The van der Waals surface area contributed by atoms with E-state index in [1.54, 1.807) is 0 Å². The van der Waals surface area contributed by atoms with Crippen LogP contribution in [-0.4, -0.2) is 23.6 Å². The third-order valence-electron chi connectivity index (χ3n) is 2.91. The molecule has 0 aliphatic carbocycles. The van der Waals surface area contributed by atoms with E-state index in [9.17, 15) is 0 Å². The lowest BCUT2D eigenvalue weighted by Crippen LogP contribution is -2.16. The SMILES string of the molecule is CCCNc1cc(N(C)Cc2ccncc2)ccn1. The summed E-state index contributed by atoms with van der Waals surface area (Å²) in [4.78, 5) is 10.6. The van der Waals surface area contributed by atoms with E-state index >= 15 is 0 Å². The zero-order valence-electron chi connectivity index (χ0n) is 11.5. The highest BCUT2D eigenvalue weighted by atomic mass is 15.1. The summed E-state index contributed by atoms with van der Waals surface area (Å²) in [5, 5.41) is 3.31. The molecule has 2 rings (SSSR count). The number of rotatable bonds is 6. The van der Waals surface area contributed by atoms with E-state index in [-0.39, 0.29) is 0 Å². The molecule has 0 amide bonds. The first-order valence-corrected chi connectivity index (χ1v) is 6.59. The first-order chi connectivity index (χ1) is 9.29.